The van der Waals surface area contributed by atoms with Crippen molar-refractivity contribution in [3.63, 3.8) is 0 Å². The third-order valence-electron chi connectivity index (χ3n) is 4.10. The summed E-state index contributed by atoms with van der Waals surface area (Å²) in [6.45, 7) is 9.96. The first-order chi connectivity index (χ1) is 9.62. The van der Waals surface area contributed by atoms with Crippen molar-refractivity contribution < 1.29 is 5.11 Å². The molecule has 3 N–H and O–H groups in total. The zero-order valence-corrected chi connectivity index (χ0v) is 12.6. The molecule has 0 amide bonds. The number of aliphatic hydroxyl groups is 1. The molecule has 1 aromatic heterocycles. The highest BCUT2D eigenvalue weighted by molar-refractivity contribution is 5.30. The molecular formula is C14H27N5O. The van der Waals surface area contributed by atoms with E-state index in [9.17, 15) is 5.11 Å². The van der Waals surface area contributed by atoms with E-state index in [1.54, 1.807) is 17.1 Å². The van der Waals surface area contributed by atoms with Gasteiger partial charge in [-0.05, 0) is 26.1 Å². The summed E-state index contributed by atoms with van der Waals surface area (Å²) in [6.07, 6.45) is 4.17. The van der Waals surface area contributed by atoms with Crippen LogP contribution in [0.2, 0.25) is 0 Å². The standard InChI is InChI=1S/C14H27N5O/c1-3-18(4-2)13-5-6-17(9-13)10-14(20)11-19-8-12(15)7-16-19/h7-8,13-14,20H,3-6,9-11,15H2,1-2H3. The Kier molecular flexibility index (Phi) is 5.39. The number of aromatic nitrogens is 2. The van der Waals surface area contributed by atoms with E-state index in [1.165, 1.54) is 6.42 Å². The quantitative estimate of drug-likeness (QED) is 0.749. The molecule has 114 valence electrons. The molecule has 2 heterocycles. The van der Waals surface area contributed by atoms with Gasteiger partial charge in [0, 0.05) is 25.3 Å². The number of likely N-dealkylation sites (tertiary alicyclic amines) is 1. The van der Waals surface area contributed by atoms with Crippen molar-refractivity contribution in [1.82, 2.24) is 19.6 Å². The number of hydrogen-bond donors (Lipinski definition) is 2. The Bertz CT molecular complexity index is 404. The second kappa shape index (κ2) is 7.06. The fourth-order valence-corrected chi connectivity index (χ4v) is 3.07. The number of β-amino-alcohol motifs (C(OH)–C–C–N with tert-alkyl or cyclic N) is 1. The minimum atomic E-state index is -0.398. The zero-order chi connectivity index (χ0) is 14.5. The Morgan fingerprint density at radius 2 is 2.20 bits per heavy atom. The summed E-state index contributed by atoms with van der Waals surface area (Å²) in [5.41, 5.74) is 6.26. The second-order valence-electron chi connectivity index (χ2n) is 5.57. The van der Waals surface area contributed by atoms with Crippen LogP contribution in [0.1, 0.15) is 20.3 Å². The number of nitrogens with two attached hydrogens (primary N) is 1. The van der Waals surface area contributed by atoms with E-state index in [4.69, 9.17) is 5.73 Å². The smallest absolute Gasteiger partial charge is 0.0862 e. The normalized spacial score (nSPS) is 21.7. The molecule has 0 bridgehead atoms. The number of hydrogen-bond acceptors (Lipinski definition) is 5. The molecule has 0 spiro atoms. The van der Waals surface area contributed by atoms with Gasteiger partial charge in [0.15, 0.2) is 0 Å². The number of anilines is 1. The van der Waals surface area contributed by atoms with Crippen LogP contribution in [0, 0.1) is 0 Å². The second-order valence-corrected chi connectivity index (χ2v) is 5.57. The van der Waals surface area contributed by atoms with Gasteiger partial charge in [-0.3, -0.25) is 14.5 Å². The summed E-state index contributed by atoms with van der Waals surface area (Å²) < 4.78 is 1.71. The van der Waals surface area contributed by atoms with Crippen molar-refractivity contribution >= 4 is 5.69 Å². The third-order valence-corrected chi connectivity index (χ3v) is 4.10. The first-order valence-electron chi connectivity index (χ1n) is 7.54. The van der Waals surface area contributed by atoms with Gasteiger partial charge < -0.3 is 10.8 Å². The Hall–Kier alpha value is -1.11. The molecule has 1 fully saturated rings. The van der Waals surface area contributed by atoms with E-state index in [2.05, 4.69) is 28.7 Å². The summed E-state index contributed by atoms with van der Waals surface area (Å²) in [6, 6.07) is 0.637. The predicted molar refractivity (Wildman–Crippen MR) is 80.4 cm³/mol. The van der Waals surface area contributed by atoms with Crippen molar-refractivity contribution in [1.29, 1.82) is 0 Å². The van der Waals surface area contributed by atoms with Crippen LogP contribution in [-0.2, 0) is 6.54 Å². The minimum Gasteiger partial charge on any atom is -0.396 e. The molecule has 0 radical (unpaired) electrons. The molecule has 1 aliphatic heterocycles. The van der Waals surface area contributed by atoms with E-state index >= 15 is 0 Å². The van der Waals surface area contributed by atoms with Crippen molar-refractivity contribution in [2.45, 2.75) is 39.0 Å². The van der Waals surface area contributed by atoms with E-state index in [0.717, 1.165) is 26.2 Å². The molecule has 1 aromatic rings. The summed E-state index contributed by atoms with van der Waals surface area (Å²) in [7, 11) is 0. The van der Waals surface area contributed by atoms with Crippen molar-refractivity contribution in [2.75, 3.05) is 38.5 Å². The summed E-state index contributed by atoms with van der Waals surface area (Å²) in [5, 5.41) is 14.3. The van der Waals surface area contributed by atoms with Gasteiger partial charge in [-0.2, -0.15) is 5.10 Å². The Morgan fingerprint density at radius 3 is 2.80 bits per heavy atom. The van der Waals surface area contributed by atoms with Gasteiger partial charge >= 0.3 is 0 Å². The zero-order valence-electron chi connectivity index (χ0n) is 12.6. The molecular weight excluding hydrogens is 254 g/mol. The van der Waals surface area contributed by atoms with E-state index in [1.807, 2.05) is 0 Å². The van der Waals surface area contributed by atoms with Crippen LogP contribution in [0.15, 0.2) is 12.4 Å². The molecule has 1 aliphatic rings. The van der Waals surface area contributed by atoms with Crippen LogP contribution in [0.3, 0.4) is 0 Å². The van der Waals surface area contributed by atoms with Crippen LogP contribution in [0.5, 0.6) is 0 Å². The lowest BCUT2D eigenvalue weighted by atomic mass is 10.2. The molecule has 0 aliphatic carbocycles. The van der Waals surface area contributed by atoms with Gasteiger partial charge in [0.25, 0.3) is 0 Å². The lowest BCUT2D eigenvalue weighted by Gasteiger charge is -2.26. The molecule has 2 atom stereocenters. The fourth-order valence-electron chi connectivity index (χ4n) is 3.07. The highest BCUT2D eigenvalue weighted by atomic mass is 16.3. The van der Waals surface area contributed by atoms with Crippen LogP contribution in [0.4, 0.5) is 5.69 Å². The topological polar surface area (TPSA) is 70.5 Å². The number of nitrogens with zero attached hydrogens (tertiary/aromatic N) is 4. The third kappa shape index (κ3) is 3.94. The summed E-state index contributed by atoms with van der Waals surface area (Å²) in [5.74, 6) is 0. The maximum Gasteiger partial charge on any atom is 0.0862 e. The van der Waals surface area contributed by atoms with Gasteiger partial charge in [-0.25, -0.2) is 0 Å². The van der Waals surface area contributed by atoms with Crippen LogP contribution < -0.4 is 5.73 Å². The Balaban J connectivity index is 1.76. The molecule has 6 heteroatoms. The minimum absolute atomic E-state index is 0.398. The van der Waals surface area contributed by atoms with Crippen LogP contribution in [-0.4, -0.2) is 69.6 Å². The maximum absolute atomic E-state index is 10.2. The number of nitrogen functional groups attached to an aromatic ring is 1. The highest BCUT2D eigenvalue weighted by Gasteiger charge is 2.27. The van der Waals surface area contributed by atoms with Gasteiger partial charge in [-0.1, -0.05) is 13.8 Å². The summed E-state index contributed by atoms with van der Waals surface area (Å²) in [4.78, 5) is 4.85. The van der Waals surface area contributed by atoms with Gasteiger partial charge in [0.2, 0.25) is 0 Å². The lowest BCUT2D eigenvalue weighted by molar-refractivity contribution is 0.101. The molecule has 20 heavy (non-hydrogen) atoms. The fraction of sp³-hybridized carbons (Fsp3) is 0.786. The van der Waals surface area contributed by atoms with Gasteiger partial charge in [0.1, 0.15) is 0 Å². The molecule has 0 saturated carbocycles. The molecule has 2 rings (SSSR count). The Labute approximate surface area is 121 Å². The number of likely N-dealkylation sites (N-methyl/N-ethyl adjacent to an activating group) is 1. The predicted octanol–water partition coefficient (Wildman–Crippen LogP) is 0.242. The number of rotatable bonds is 7. The lowest BCUT2D eigenvalue weighted by Crippen LogP contribution is -2.39. The highest BCUT2D eigenvalue weighted by Crippen LogP contribution is 2.15. The van der Waals surface area contributed by atoms with Gasteiger partial charge in [-0.15, -0.1) is 0 Å². The van der Waals surface area contributed by atoms with Crippen molar-refractivity contribution in [3.8, 4) is 0 Å². The number of aliphatic hydroxyl groups excluding tert-OH is 1. The molecule has 6 nitrogen and oxygen atoms in total. The monoisotopic (exact) mass is 281 g/mol. The summed E-state index contributed by atoms with van der Waals surface area (Å²) >= 11 is 0. The average Bonchev–Trinajstić information content (AvgIpc) is 3.01. The van der Waals surface area contributed by atoms with E-state index in [0.29, 0.717) is 24.8 Å². The molecule has 1 saturated heterocycles. The van der Waals surface area contributed by atoms with Crippen molar-refractivity contribution in [3.05, 3.63) is 12.4 Å². The first kappa shape index (κ1) is 15.3. The van der Waals surface area contributed by atoms with E-state index < -0.39 is 6.10 Å². The SMILES string of the molecule is CCN(CC)C1CCN(CC(O)Cn2cc(N)cn2)C1. The average molecular weight is 281 g/mol. The first-order valence-corrected chi connectivity index (χ1v) is 7.54. The maximum atomic E-state index is 10.2. The van der Waals surface area contributed by atoms with Crippen molar-refractivity contribution in [2.24, 2.45) is 0 Å². The molecule has 2 unspecified atom stereocenters. The van der Waals surface area contributed by atoms with Crippen LogP contribution >= 0.6 is 0 Å². The van der Waals surface area contributed by atoms with E-state index in [-0.39, 0.29) is 0 Å². The van der Waals surface area contributed by atoms with Crippen LogP contribution in [0.25, 0.3) is 0 Å². The molecule has 0 aromatic carbocycles. The largest absolute Gasteiger partial charge is 0.396 e. The Morgan fingerprint density at radius 1 is 1.45 bits per heavy atom. The van der Waals surface area contributed by atoms with Gasteiger partial charge in [0.05, 0.1) is 24.5 Å².